The molecule has 0 aromatic carbocycles. The number of carbonyl (C=O) groups is 1. The lowest BCUT2D eigenvalue weighted by molar-refractivity contribution is -0.139. The van der Waals surface area contributed by atoms with Gasteiger partial charge in [-0.25, -0.2) is 4.79 Å². The number of methoxy groups -OCH3 is 4. The first-order valence-corrected chi connectivity index (χ1v) is 9.47. The molecule has 0 saturated heterocycles. The zero-order valence-electron chi connectivity index (χ0n) is 15.1. The van der Waals surface area contributed by atoms with Gasteiger partial charge in [0, 0.05) is 51.2 Å². The van der Waals surface area contributed by atoms with E-state index >= 15 is 0 Å². The van der Waals surface area contributed by atoms with Crippen molar-refractivity contribution in [1.29, 1.82) is 0 Å². The lowest BCUT2D eigenvalue weighted by Gasteiger charge is -2.18. The summed E-state index contributed by atoms with van der Waals surface area (Å²) in [7, 11) is 7.53. The van der Waals surface area contributed by atoms with E-state index in [0.29, 0.717) is 25.4 Å². The van der Waals surface area contributed by atoms with Gasteiger partial charge in [0.25, 0.3) is 0 Å². The van der Waals surface area contributed by atoms with Crippen LogP contribution >= 0.6 is 0 Å². The van der Waals surface area contributed by atoms with Crippen LogP contribution in [0.3, 0.4) is 0 Å². The smallest absolute Gasteiger partial charge is 0.330 e. The first-order valence-electron chi connectivity index (χ1n) is 8.05. The molecule has 0 aliphatic heterocycles. The molecular weight excluding hydrogens is 316 g/mol. The fraction of sp³-hybridized carbons (Fsp3) is 0.812. The van der Waals surface area contributed by atoms with Gasteiger partial charge in [-0.3, -0.25) is 0 Å². The fourth-order valence-electron chi connectivity index (χ4n) is 2.10. The van der Waals surface area contributed by atoms with Crippen molar-refractivity contribution in [2.24, 2.45) is 5.92 Å². The van der Waals surface area contributed by atoms with Crippen LogP contribution in [0.5, 0.6) is 0 Å². The van der Waals surface area contributed by atoms with Crippen molar-refractivity contribution in [3.63, 3.8) is 0 Å². The van der Waals surface area contributed by atoms with E-state index in [9.17, 15) is 4.79 Å². The quantitative estimate of drug-likeness (QED) is 0.204. The molecule has 0 bridgehead atoms. The summed E-state index contributed by atoms with van der Waals surface area (Å²) in [5.74, 6) is 0.0738. The monoisotopic (exact) mass is 348 g/mol. The van der Waals surface area contributed by atoms with Crippen LogP contribution in [0.4, 0.5) is 0 Å². The predicted molar refractivity (Wildman–Crippen MR) is 92.4 cm³/mol. The Labute approximate surface area is 142 Å². The Morgan fingerprint density at radius 2 is 1.52 bits per heavy atom. The summed E-state index contributed by atoms with van der Waals surface area (Å²) in [5, 5.41) is 0. The van der Waals surface area contributed by atoms with Crippen molar-refractivity contribution in [3.05, 3.63) is 12.2 Å². The predicted octanol–water partition coefficient (Wildman–Crippen LogP) is 1.28. The van der Waals surface area contributed by atoms with Gasteiger partial charge in [-0.05, 0) is 25.2 Å². The molecule has 0 rings (SSSR count). The second kappa shape index (κ2) is 14.8. The SMILES string of the molecule is COC(CCC=CC(=O)OCC(C[SiH3])CCC(OC)OC)OC. The van der Waals surface area contributed by atoms with Crippen LogP contribution in [0, 0.1) is 5.92 Å². The summed E-state index contributed by atoms with van der Waals surface area (Å²) in [6.07, 6.45) is 5.98. The van der Waals surface area contributed by atoms with E-state index in [4.69, 9.17) is 23.7 Å². The molecule has 0 amide bonds. The van der Waals surface area contributed by atoms with Crippen LogP contribution in [0.15, 0.2) is 12.2 Å². The molecule has 136 valence electrons. The third kappa shape index (κ3) is 11.4. The molecule has 23 heavy (non-hydrogen) atoms. The normalized spacial score (nSPS) is 13.3. The van der Waals surface area contributed by atoms with Crippen molar-refractivity contribution >= 4 is 16.2 Å². The van der Waals surface area contributed by atoms with E-state index < -0.39 is 0 Å². The minimum Gasteiger partial charge on any atom is -0.462 e. The lowest BCUT2D eigenvalue weighted by atomic mass is 10.1. The zero-order valence-corrected chi connectivity index (χ0v) is 17.1. The molecular formula is C16H32O6Si. The largest absolute Gasteiger partial charge is 0.462 e. The van der Waals surface area contributed by atoms with Crippen LogP contribution in [0.1, 0.15) is 25.7 Å². The number of hydrogen-bond donors (Lipinski definition) is 0. The minimum absolute atomic E-state index is 0.184. The van der Waals surface area contributed by atoms with E-state index in [1.54, 1.807) is 34.5 Å². The highest BCUT2D eigenvalue weighted by molar-refractivity contribution is 6.08. The van der Waals surface area contributed by atoms with Gasteiger partial charge in [0.05, 0.1) is 6.61 Å². The number of hydrogen-bond acceptors (Lipinski definition) is 6. The summed E-state index contributed by atoms with van der Waals surface area (Å²) in [5.41, 5.74) is 0. The average Bonchev–Trinajstić information content (AvgIpc) is 2.58. The van der Waals surface area contributed by atoms with Crippen LogP contribution < -0.4 is 0 Å². The van der Waals surface area contributed by atoms with Crippen molar-refractivity contribution in [3.8, 4) is 0 Å². The van der Waals surface area contributed by atoms with E-state index in [1.165, 1.54) is 6.08 Å². The Balaban J connectivity index is 3.95. The van der Waals surface area contributed by atoms with Crippen LogP contribution in [0.2, 0.25) is 6.04 Å². The van der Waals surface area contributed by atoms with E-state index in [0.717, 1.165) is 29.1 Å². The second-order valence-corrected chi connectivity index (χ2v) is 6.08. The molecule has 0 aromatic rings. The Bertz CT molecular complexity index is 316. The van der Waals surface area contributed by atoms with Crippen molar-refractivity contribution in [2.75, 3.05) is 35.0 Å². The number of esters is 1. The third-order valence-electron chi connectivity index (χ3n) is 3.72. The highest BCUT2D eigenvalue weighted by atomic mass is 28.1. The van der Waals surface area contributed by atoms with Crippen LogP contribution in [-0.2, 0) is 28.5 Å². The van der Waals surface area contributed by atoms with Gasteiger partial charge < -0.3 is 23.7 Å². The maximum absolute atomic E-state index is 11.7. The van der Waals surface area contributed by atoms with Gasteiger partial charge in [0.2, 0.25) is 0 Å². The second-order valence-electron chi connectivity index (χ2n) is 5.26. The first kappa shape index (κ1) is 22.3. The Morgan fingerprint density at radius 1 is 0.957 bits per heavy atom. The van der Waals surface area contributed by atoms with Crippen molar-refractivity contribution in [2.45, 2.75) is 44.3 Å². The number of allylic oxidation sites excluding steroid dienone is 1. The van der Waals surface area contributed by atoms with Gasteiger partial charge in [0.15, 0.2) is 12.6 Å². The van der Waals surface area contributed by atoms with E-state index in [1.807, 2.05) is 0 Å². The minimum atomic E-state index is -0.300. The molecule has 1 atom stereocenters. The molecule has 0 spiro atoms. The third-order valence-corrected chi connectivity index (χ3v) is 4.88. The Hall–Kier alpha value is -0.733. The number of ether oxygens (including phenoxy) is 5. The number of carbonyl (C=O) groups excluding carboxylic acids is 1. The molecule has 0 N–H and O–H groups in total. The van der Waals surface area contributed by atoms with Gasteiger partial charge >= 0.3 is 5.97 Å². The fourth-order valence-corrected chi connectivity index (χ4v) is 2.74. The van der Waals surface area contributed by atoms with Gasteiger partial charge in [-0.2, -0.15) is 0 Å². The standard InChI is InChI=1S/C16H32O6Si/c1-18-15(19-2)8-6-5-7-14(17)22-11-13(12-23)9-10-16(20-3)21-4/h5,7,13,15-16H,6,8-12H2,1-4,23H3. The maximum Gasteiger partial charge on any atom is 0.330 e. The summed E-state index contributed by atoms with van der Waals surface area (Å²) < 4.78 is 25.8. The average molecular weight is 349 g/mol. The summed E-state index contributed by atoms with van der Waals surface area (Å²) >= 11 is 0. The summed E-state index contributed by atoms with van der Waals surface area (Å²) in [6.45, 7) is 0.450. The Morgan fingerprint density at radius 3 is 2.04 bits per heavy atom. The molecule has 7 heteroatoms. The Kier molecular flexibility index (Phi) is 14.4. The molecule has 0 aliphatic rings. The maximum atomic E-state index is 11.7. The van der Waals surface area contributed by atoms with Gasteiger partial charge in [0.1, 0.15) is 0 Å². The molecule has 6 nitrogen and oxygen atoms in total. The molecule has 0 radical (unpaired) electrons. The van der Waals surface area contributed by atoms with Crippen molar-refractivity contribution < 1.29 is 28.5 Å². The molecule has 0 fully saturated rings. The van der Waals surface area contributed by atoms with Gasteiger partial charge in [-0.1, -0.05) is 12.1 Å². The van der Waals surface area contributed by atoms with E-state index in [2.05, 4.69) is 0 Å². The molecule has 0 saturated carbocycles. The summed E-state index contributed by atoms with van der Waals surface area (Å²) in [4.78, 5) is 11.7. The molecule has 0 aromatic heterocycles. The topological polar surface area (TPSA) is 63.2 Å². The molecule has 1 unspecified atom stereocenters. The zero-order chi connectivity index (χ0) is 17.5. The van der Waals surface area contributed by atoms with Crippen LogP contribution in [0.25, 0.3) is 0 Å². The van der Waals surface area contributed by atoms with E-state index in [-0.39, 0.29) is 18.5 Å². The van der Waals surface area contributed by atoms with Crippen LogP contribution in [-0.4, -0.2) is 63.8 Å². The highest BCUT2D eigenvalue weighted by Crippen LogP contribution is 2.14. The molecule has 0 aliphatic carbocycles. The van der Waals surface area contributed by atoms with Gasteiger partial charge in [-0.15, -0.1) is 0 Å². The lowest BCUT2D eigenvalue weighted by Crippen LogP contribution is -2.18. The van der Waals surface area contributed by atoms with Crippen molar-refractivity contribution in [1.82, 2.24) is 0 Å². The summed E-state index contributed by atoms with van der Waals surface area (Å²) in [6, 6.07) is 1.08. The first-order chi connectivity index (χ1) is 11.1. The highest BCUT2D eigenvalue weighted by Gasteiger charge is 2.13. The molecule has 0 heterocycles. The number of rotatable bonds is 14.